The second-order valence-corrected chi connectivity index (χ2v) is 4.30. The first kappa shape index (κ1) is 9.37. The van der Waals surface area contributed by atoms with E-state index in [1.807, 2.05) is 43.3 Å². The van der Waals surface area contributed by atoms with Gasteiger partial charge in [-0.1, -0.05) is 30.3 Å². The predicted molar refractivity (Wildman–Crippen MR) is 59.3 cm³/mol. The summed E-state index contributed by atoms with van der Waals surface area (Å²) in [6.45, 7) is 1.92. The molecule has 2 aromatic rings. The Morgan fingerprint density at radius 1 is 1.14 bits per heavy atom. The number of hydrogen-bond donors (Lipinski definition) is 1. The van der Waals surface area contributed by atoms with Crippen LogP contribution in [0.25, 0.3) is 10.8 Å². The van der Waals surface area contributed by atoms with Gasteiger partial charge in [0.05, 0.1) is 4.90 Å². The minimum absolute atomic E-state index is 0.712. The summed E-state index contributed by atoms with van der Waals surface area (Å²) in [7, 11) is -1.40. The fourth-order valence-electron chi connectivity index (χ4n) is 1.55. The van der Waals surface area contributed by atoms with Crippen molar-refractivity contribution in [2.45, 2.75) is 11.8 Å². The average molecular weight is 205 g/mol. The van der Waals surface area contributed by atoms with Crippen LogP contribution in [0.1, 0.15) is 5.56 Å². The van der Waals surface area contributed by atoms with Crippen molar-refractivity contribution in [3.63, 3.8) is 0 Å². The van der Waals surface area contributed by atoms with Crippen molar-refractivity contribution >= 4 is 21.8 Å². The molecule has 0 spiro atoms. The Morgan fingerprint density at radius 2 is 1.71 bits per heavy atom. The number of hydrogen-bond acceptors (Lipinski definition) is 1. The van der Waals surface area contributed by atoms with E-state index < -0.39 is 11.0 Å². The molecule has 0 aliphatic heterocycles. The summed E-state index contributed by atoms with van der Waals surface area (Å²) in [5.41, 5.74) is 0.976. The molecule has 0 aliphatic rings. The molecule has 0 amide bonds. The van der Waals surface area contributed by atoms with Crippen LogP contribution in [0.4, 0.5) is 0 Å². The molecule has 2 nitrogen and oxygen atoms in total. The van der Waals surface area contributed by atoms with Crippen LogP contribution >= 0.6 is 0 Å². The molecule has 0 heterocycles. The first-order valence-electron chi connectivity index (χ1n) is 4.34. The van der Waals surface area contributed by atoms with Gasteiger partial charge in [0, 0.05) is 0 Å². The molecule has 0 fully saturated rings. The highest BCUT2D eigenvalue weighted by Crippen LogP contribution is 2.20. The minimum Gasteiger partial charge on any atom is -0.248 e. The molecule has 3 heteroatoms. The van der Waals surface area contributed by atoms with Gasteiger partial charge in [-0.25, -0.2) is 9.35 Å². The third kappa shape index (κ3) is 1.56. The highest BCUT2D eigenvalue weighted by Gasteiger charge is 2.04. The molecule has 1 unspecified atom stereocenters. The lowest BCUT2D eigenvalue weighted by atomic mass is 10.1. The molecule has 0 aliphatic carbocycles. The van der Waals surface area contributed by atoms with Crippen LogP contribution in [0, 0.1) is 6.92 Å². The van der Waals surface area contributed by atoms with Crippen molar-refractivity contribution in [1.29, 1.82) is 0 Å². The molecule has 72 valence electrons. The zero-order chi connectivity index (χ0) is 10.1. The van der Waals surface area contributed by atoms with E-state index in [1.165, 1.54) is 0 Å². The summed E-state index contributed by atoms with van der Waals surface area (Å²) in [5.74, 6) is 0. The molecule has 0 aromatic heterocycles. The topological polar surface area (TPSA) is 43.1 Å². The molecular formula is C11H11NOS. The standard InChI is InChI=1S/C11H11NOS/c1-8-6-9-4-2-3-5-10(9)7-11(8)14(12)13/h2-7H,12H2,1H3. The van der Waals surface area contributed by atoms with Crippen LogP contribution in [-0.4, -0.2) is 4.21 Å². The lowest BCUT2D eigenvalue weighted by Gasteiger charge is -2.04. The number of nitrogens with two attached hydrogens (primary N) is 1. The van der Waals surface area contributed by atoms with Gasteiger partial charge < -0.3 is 0 Å². The van der Waals surface area contributed by atoms with E-state index in [-0.39, 0.29) is 0 Å². The highest BCUT2D eigenvalue weighted by molar-refractivity contribution is 7.82. The van der Waals surface area contributed by atoms with Gasteiger partial charge in [-0.05, 0) is 29.3 Å². The van der Waals surface area contributed by atoms with E-state index >= 15 is 0 Å². The lowest BCUT2D eigenvalue weighted by Crippen LogP contribution is -2.04. The maximum absolute atomic E-state index is 11.2. The van der Waals surface area contributed by atoms with Crippen LogP contribution in [0.2, 0.25) is 0 Å². The quantitative estimate of drug-likeness (QED) is 0.761. The van der Waals surface area contributed by atoms with Gasteiger partial charge in [-0.15, -0.1) is 0 Å². The third-order valence-corrected chi connectivity index (χ3v) is 3.13. The molecule has 2 N–H and O–H groups in total. The molecule has 0 bridgehead atoms. The SMILES string of the molecule is Cc1cc2ccccc2cc1S(N)=O. The molecule has 2 aromatic carbocycles. The van der Waals surface area contributed by atoms with Crippen LogP contribution in [0.3, 0.4) is 0 Å². The summed E-state index contributed by atoms with van der Waals surface area (Å²) in [5, 5.41) is 7.61. The first-order valence-corrected chi connectivity index (χ1v) is 5.55. The van der Waals surface area contributed by atoms with E-state index in [4.69, 9.17) is 5.14 Å². The normalized spacial score (nSPS) is 13.0. The van der Waals surface area contributed by atoms with Gasteiger partial charge >= 0.3 is 0 Å². The Kier molecular flexibility index (Phi) is 2.35. The van der Waals surface area contributed by atoms with Crippen molar-refractivity contribution in [2.75, 3.05) is 0 Å². The number of aryl methyl sites for hydroxylation is 1. The summed E-state index contributed by atoms with van der Waals surface area (Å²) in [6, 6.07) is 11.9. The van der Waals surface area contributed by atoms with Gasteiger partial charge in [0.15, 0.2) is 0 Å². The predicted octanol–water partition coefficient (Wildman–Crippen LogP) is 2.13. The van der Waals surface area contributed by atoms with E-state index in [0.29, 0.717) is 4.90 Å². The van der Waals surface area contributed by atoms with E-state index in [1.54, 1.807) is 0 Å². The van der Waals surface area contributed by atoms with Crippen molar-refractivity contribution < 1.29 is 4.21 Å². The molecule has 14 heavy (non-hydrogen) atoms. The second kappa shape index (κ2) is 3.52. The highest BCUT2D eigenvalue weighted by atomic mass is 32.2. The Morgan fingerprint density at radius 3 is 2.29 bits per heavy atom. The maximum Gasteiger partial charge on any atom is 0.122 e. The van der Waals surface area contributed by atoms with Crippen molar-refractivity contribution in [1.82, 2.24) is 0 Å². The fraction of sp³-hybridized carbons (Fsp3) is 0.0909. The van der Waals surface area contributed by atoms with Crippen LogP contribution in [-0.2, 0) is 11.0 Å². The molecule has 1 atom stereocenters. The zero-order valence-electron chi connectivity index (χ0n) is 7.86. The van der Waals surface area contributed by atoms with Crippen molar-refractivity contribution in [2.24, 2.45) is 5.14 Å². The van der Waals surface area contributed by atoms with Crippen molar-refractivity contribution in [3.05, 3.63) is 42.0 Å². The Labute approximate surface area is 85.3 Å². The molecular weight excluding hydrogens is 194 g/mol. The summed E-state index contributed by atoms with van der Waals surface area (Å²) < 4.78 is 11.2. The van der Waals surface area contributed by atoms with Crippen LogP contribution in [0.15, 0.2) is 41.3 Å². The second-order valence-electron chi connectivity index (χ2n) is 3.26. The minimum atomic E-state index is -1.40. The largest absolute Gasteiger partial charge is 0.248 e. The van der Waals surface area contributed by atoms with Gasteiger partial charge in [0.25, 0.3) is 0 Å². The number of rotatable bonds is 1. The number of fused-ring (bicyclic) bond motifs is 1. The molecule has 2 rings (SSSR count). The average Bonchev–Trinajstić information content (AvgIpc) is 2.16. The maximum atomic E-state index is 11.2. The van der Waals surface area contributed by atoms with Gasteiger partial charge in [-0.3, -0.25) is 0 Å². The third-order valence-electron chi connectivity index (χ3n) is 2.26. The number of benzene rings is 2. The van der Waals surface area contributed by atoms with Crippen molar-refractivity contribution in [3.8, 4) is 0 Å². The van der Waals surface area contributed by atoms with Gasteiger partial charge in [0.2, 0.25) is 0 Å². The summed E-state index contributed by atoms with van der Waals surface area (Å²) >= 11 is 0. The smallest absolute Gasteiger partial charge is 0.122 e. The summed E-state index contributed by atoms with van der Waals surface area (Å²) in [6.07, 6.45) is 0. The lowest BCUT2D eigenvalue weighted by molar-refractivity contribution is 0.684. The first-order chi connectivity index (χ1) is 6.68. The Hall–Kier alpha value is -1.19. The molecule has 0 saturated heterocycles. The Bertz CT molecular complexity index is 508. The Balaban J connectivity index is 2.77. The van der Waals surface area contributed by atoms with E-state index in [9.17, 15) is 4.21 Å². The van der Waals surface area contributed by atoms with E-state index in [2.05, 4.69) is 0 Å². The summed E-state index contributed by atoms with van der Waals surface area (Å²) in [4.78, 5) is 0.712. The fourth-order valence-corrected chi connectivity index (χ4v) is 2.17. The van der Waals surface area contributed by atoms with Crippen LogP contribution < -0.4 is 5.14 Å². The zero-order valence-corrected chi connectivity index (χ0v) is 8.67. The monoisotopic (exact) mass is 205 g/mol. The molecule has 0 radical (unpaired) electrons. The van der Waals surface area contributed by atoms with Crippen LogP contribution in [0.5, 0.6) is 0 Å². The van der Waals surface area contributed by atoms with E-state index in [0.717, 1.165) is 16.3 Å². The van der Waals surface area contributed by atoms with Gasteiger partial charge in [-0.2, -0.15) is 0 Å². The molecule has 0 saturated carbocycles. The van der Waals surface area contributed by atoms with Gasteiger partial charge in [0.1, 0.15) is 11.0 Å².